The molecule has 1 unspecified atom stereocenters. The number of nitrogens with one attached hydrogen (secondary N) is 1. The summed E-state index contributed by atoms with van der Waals surface area (Å²) in [6, 6.07) is 0.620. The first-order valence-corrected chi connectivity index (χ1v) is 7.43. The topological polar surface area (TPSA) is 47.3 Å². The van der Waals surface area contributed by atoms with Crippen LogP contribution in [0.25, 0.3) is 0 Å². The molecule has 1 aromatic heterocycles. The lowest BCUT2D eigenvalue weighted by molar-refractivity contribution is 0.113. The molecule has 0 spiro atoms. The second-order valence-corrected chi connectivity index (χ2v) is 5.71. The van der Waals surface area contributed by atoms with Crippen LogP contribution in [-0.2, 0) is 0 Å². The molecule has 1 aromatic carbocycles. The van der Waals surface area contributed by atoms with E-state index in [-0.39, 0.29) is 21.7 Å². The highest BCUT2D eigenvalue weighted by Crippen LogP contribution is 2.41. The molecule has 0 saturated carbocycles. The number of aromatic nitrogens is 1. The van der Waals surface area contributed by atoms with Crippen LogP contribution in [-0.4, -0.2) is 18.1 Å². The second kappa shape index (κ2) is 6.40. The summed E-state index contributed by atoms with van der Waals surface area (Å²) < 4.78 is 38.3. The fourth-order valence-corrected chi connectivity index (χ4v) is 2.88. The molecule has 8 heteroatoms. The molecule has 2 heterocycles. The van der Waals surface area contributed by atoms with Crippen molar-refractivity contribution in [2.24, 2.45) is 5.92 Å². The summed E-state index contributed by atoms with van der Waals surface area (Å²) >= 11 is 11.7. The van der Waals surface area contributed by atoms with E-state index in [9.17, 15) is 8.78 Å². The van der Waals surface area contributed by atoms with Crippen molar-refractivity contribution in [3.63, 3.8) is 0 Å². The lowest BCUT2D eigenvalue weighted by Crippen LogP contribution is -2.22. The fourth-order valence-electron chi connectivity index (χ4n) is 2.44. The predicted molar refractivity (Wildman–Crippen MR) is 77.2 cm³/mol. The van der Waals surface area contributed by atoms with Crippen LogP contribution in [0, 0.1) is 17.6 Å². The first-order valence-electron chi connectivity index (χ1n) is 6.67. The average molecular weight is 349 g/mol. The maximum absolute atomic E-state index is 13.6. The second-order valence-electron chi connectivity index (χ2n) is 4.96. The molecule has 0 radical (unpaired) electrons. The molecule has 0 aliphatic carbocycles. The number of hydrogen-bond acceptors (Lipinski definition) is 4. The Kier molecular flexibility index (Phi) is 4.52. The molecule has 1 N–H and O–H groups in total. The van der Waals surface area contributed by atoms with Crippen molar-refractivity contribution in [3.8, 4) is 5.75 Å². The zero-order valence-electron chi connectivity index (χ0n) is 11.3. The Bertz CT molecular complexity index is 635. The van der Waals surface area contributed by atoms with E-state index in [0.717, 1.165) is 13.0 Å². The Morgan fingerprint density at radius 1 is 1.32 bits per heavy atom. The van der Waals surface area contributed by atoms with Gasteiger partial charge in [-0.15, -0.1) is 0 Å². The van der Waals surface area contributed by atoms with Crippen molar-refractivity contribution in [1.82, 2.24) is 10.3 Å². The third kappa shape index (κ3) is 2.91. The summed E-state index contributed by atoms with van der Waals surface area (Å²) in [5, 5.41) is 2.46. The van der Waals surface area contributed by atoms with Crippen LogP contribution in [0.1, 0.15) is 18.4 Å². The Morgan fingerprint density at radius 3 is 2.59 bits per heavy atom. The third-order valence-electron chi connectivity index (χ3n) is 3.54. The van der Waals surface area contributed by atoms with E-state index in [0.29, 0.717) is 18.5 Å². The molecule has 118 valence electrons. The number of ether oxygens (including phenoxy) is 1. The van der Waals surface area contributed by atoms with Crippen LogP contribution in [0.15, 0.2) is 22.9 Å². The van der Waals surface area contributed by atoms with E-state index in [2.05, 4.69) is 10.3 Å². The lowest BCUT2D eigenvalue weighted by Gasteiger charge is -2.23. The first-order chi connectivity index (χ1) is 10.6. The normalized spacial score (nSPS) is 19.4. The summed E-state index contributed by atoms with van der Waals surface area (Å²) in [6.45, 7) is 1.48. The fraction of sp³-hybridized carbons (Fsp3) is 0.357. The molecule has 1 fully saturated rings. The molecule has 2 aromatic rings. The minimum absolute atomic E-state index is 0.0251. The molecule has 1 aliphatic heterocycles. The minimum atomic E-state index is -0.936. The molecule has 0 bridgehead atoms. The van der Waals surface area contributed by atoms with Gasteiger partial charge in [0.25, 0.3) is 0 Å². The highest BCUT2D eigenvalue weighted by atomic mass is 35.5. The summed E-state index contributed by atoms with van der Waals surface area (Å²) in [4.78, 5) is 4.07. The highest BCUT2D eigenvalue weighted by Gasteiger charge is 2.33. The van der Waals surface area contributed by atoms with Crippen LogP contribution < -0.4 is 10.1 Å². The summed E-state index contributed by atoms with van der Waals surface area (Å²) in [5.41, 5.74) is 0. The monoisotopic (exact) mass is 348 g/mol. The van der Waals surface area contributed by atoms with Crippen LogP contribution in [0.4, 0.5) is 8.78 Å². The van der Waals surface area contributed by atoms with Crippen molar-refractivity contribution >= 4 is 23.2 Å². The molecule has 22 heavy (non-hydrogen) atoms. The van der Waals surface area contributed by atoms with Crippen LogP contribution >= 0.6 is 23.2 Å². The number of halogens is 4. The maximum atomic E-state index is 13.6. The molecule has 4 nitrogen and oxygen atoms in total. The SMILES string of the molecule is Fc1cc(F)c(Cl)c(O[C@H](c2ncco2)C2CCNC2)c1Cl. The van der Waals surface area contributed by atoms with Gasteiger partial charge in [0, 0.05) is 18.5 Å². The van der Waals surface area contributed by atoms with Crippen LogP contribution in [0.3, 0.4) is 0 Å². The standard InChI is InChI=1S/C14H12Cl2F2N2O2/c15-10-8(17)5-9(18)11(16)13(10)22-12(7-1-2-19-6-7)14-20-3-4-21-14/h3-5,7,12,19H,1-2,6H2/t7?,12-/m0/s1. The van der Waals surface area contributed by atoms with E-state index in [1.165, 1.54) is 12.5 Å². The van der Waals surface area contributed by atoms with E-state index in [4.69, 9.17) is 32.4 Å². The number of benzene rings is 1. The van der Waals surface area contributed by atoms with Crippen LogP contribution in [0.2, 0.25) is 10.0 Å². The van der Waals surface area contributed by atoms with Crippen molar-refractivity contribution in [3.05, 3.63) is 46.1 Å². The van der Waals surface area contributed by atoms with Crippen molar-refractivity contribution in [2.75, 3.05) is 13.1 Å². The van der Waals surface area contributed by atoms with Crippen molar-refractivity contribution < 1.29 is 17.9 Å². The van der Waals surface area contributed by atoms with Gasteiger partial charge in [-0.05, 0) is 13.0 Å². The molecular weight excluding hydrogens is 337 g/mol. The predicted octanol–water partition coefficient (Wildman–Crippen LogP) is 3.99. The zero-order chi connectivity index (χ0) is 15.7. The smallest absolute Gasteiger partial charge is 0.235 e. The quantitative estimate of drug-likeness (QED) is 0.848. The number of hydrogen-bond donors (Lipinski definition) is 1. The number of nitrogens with zero attached hydrogens (tertiary/aromatic N) is 1. The van der Waals surface area contributed by atoms with E-state index >= 15 is 0 Å². The largest absolute Gasteiger partial charge is 0.477 e. The van der Waals surface area contributed by atoms with Gasteiger partial charge in [0.05, 0.1) is 6.20 Å². The lowest BCUT2D eigenvalue weighted by atomic mass is 10.0. The zero-order valence-corrected chi connectivity index (χ0v) is 12.8. The average Bonchev–Trinajstić information content (AvgIpc) is 3.19. The highest BCUT2D eigenvalue weighted by molar-refractivity contribution is 6.37. The van der Waals surface area contributed by atoms with Crippen molar-refractivity contribution in [2.45, 2.75) is 12.5 Å². The van der Waals surface area contributed by atoms with Gasteiger partial charge in [-0.2, -0.15) is 0 Å². The van der Waals surface area contributed by atoms with Gasteiger partial charge in [-0.3, -0.25) is 0 Å². The Hall–Kier alpha value is -1.37. The minimum Gasteiger partial charge on any atom is -0.477 e. The number of oxazole rings is 1. The first kappa shape index (κ1) is 15.5. The third-order valence-corrected chi connectivity index (χ3v) is 4.24. The molecule has 1 saturated heterocycles. The maximum Gasteiger partial charge on any atom is 0.235 e. The van der Waals surface area contributed by atoms with Gasteiger partial charge < -0.3 is 14.5 Å². The van der Waals surface area contributed by atoms with Gasteiger partial charge in [0.2, 0.25) is 5.89 Å². The van der Waals surface area contributed by atoms with Crippen LogP contribution in [0.5, 0.6) is 5.75 Å². The van der Waals surface area contributed by atoms with Gasteiger partial charge in [-0.1, -0.05) is 23.2 Å². The van der Waals surface area contributed by atoms with Crippen molar-refractivity contribution in [1.29, 1.82) is 0 Å². The summed E-state index contributed by atoms with van der Waals surface area (Å²) in [7, 11) is 0. The number of rotatable bonds is 4. The van der Waals surface area contributed by atoms with Gasteiger partial charge in [-0.25, -0.2) is 13.8 Å². The summed E-state index contributed by atoms with van der Waals surface area (Å²) in [5.74, 6) is -1.78. The molecular formula is C14H12Cl2F2N2O2. The molecule has 3 rings (SSSR count). The molecule has 1 aliphatic rings. The molecule has 0 amide bonds. The van der Waals surface area contributed by atoms with E-state index in [1.807, 2.05) is 0 Å². The summed E-state index contributed by atoms with van der Waals surface area (Å²) in [6.07, 6.45) is 3.05. The van der Waals surface area contributed by atoms with Gasteiger partial charge in [0.1, 0.15) is 27.9 Å². The Morgan fingerprint density at radius 2 is 2.05 bits per heavy atom. The van der Waals surface area contributed by atoms with Gasteiger partial charge in [0.15, 0.2) is 11.9 Å². The van der Waals surface area contributed by atoms with E-state index < -0.39 is 17.7 Å². The van der Waals surface area contributed by atoms with E-state index in [1.54, 1.807) is 0 Å². The molecule has 2 atom stereocenters. The Balaban J connectivity index is 1.97. The Labute approximate surface area is 135 Å². The van der Waals surface area contributed by atoms with Gasteiger partial charge >= 0.3 is 0 Å².